The van der Waals surface area contributed by atoms with Gasteiger partial charge in [-0.25, -0.2) is 4.98 Å². The molecule has 1 heterocycles. The number of halogens is 1. The second kappa shape index (κ2) is 4.43. The van der Waals surface area contributed by atoms with E-state index < -0.39 is 0 Å². The van der Waals surface area contributed by atoms with Crippen LogP contribution in [0.1, 0.15) is 10.6 Å². The molecule has 1 aromatic heterocycles. The fourth-order valence-corrected chi connectivity index (χ4v) is 2.74. The summed E-state index contributed by atoms with van der Waals surface area (Å²) in [6.45, 7) is 0. The van der Waals surface area contributed by atoms with Gasteiger partial charge in [0.25, 0.3) is 0 Å². The van der Waals surface area contributed by atoms with Crippen LogP contribution in [0.3, 0.4) is 0 Å². The first-order chi connectivity index (χ1) is 8.33. The van der Waals surface area contributed by atoms with E-state index in [0.717, 1.165) is 11.4 Å². The predicted molar refractivity (Wildman–Crippen MR) is 71.7 cm³/mol. The molecule has 0 aliphatic rings. The van der Waals surface area contributed by atoms with Crippen LogP contribution < -0.4 is 0 Å². The molecule has 0 radical (unpaired) electrons. The molecule has 0 unspecified atom stereocenters. The monoisotopic (exact) mass is 260 g/mol. The number of nitrogens with zero attached hydrogens (tertiary/aromatic N) is 2. The Balaban J connectivity index is 2.05. The highest BCUT2D eigenvalue weighted by Gasteiger charge is 2.05. The molecule has 0 saturated carbocycles. The van der Waals surface area contributed by atoms with E-state index in [1.54, 1.807) is 0 Å². The van der Waals surface area contributed by atoms with Crippen LogP contribution in [0.5, 0.6) is 0 Å². The molecular weight excluding hydrogens is 252 g/mol. The van der Waals surface area contributed by atoms with Crippen molar-refractivity contribution in [2.45, 2.75) is 6.42 Å². The molecule has 0 aliphatic carbocycles. The van der Waals surface area contributed by atoms with Gasteiger partial charge < -0.3 is 0 Å². The van der Waals surface area contributed by atoms with Gasteiger partial charge in [-0.3, -0.25) is 0 Å². The molecule has 0 atom stereocenters. The second-order valence-electron chi connectivity index (χ2n) is 3.77. The molecule has 17 heavy (non-hydrogen) atoms. The van der Waals surface area contributed by atoms with Gasteiger partial charge in [0.1, 0.15) is 5.01 Å². The van der Waals surface area contributed by atoms with Crippen LogP contribution in [0.15, 0.2) is 42.5 Å². The summed E-state index contributed by atoms with van der Waals surface area (Å²) in [7, 11) is 0. The highest BCUT2D eigenvalue weighted by atomic mass is 35.5. The van der Waals surface area contributed by atoms with Crippen LogP contribution in [0.2, 0.25) is 5.28 Å². The van der Waals surface area contributed by atoms with E-state index in [1.165, 1.54) is 27.9 Å². The third-order valence-corrected chi connectivity index (χ3v) is 3.64. The minimum atomic E-state index is 0.338. The van der Waals surface area contributed by atoms with Crippen molar-refractivity contribution in [3.63, 3.8) is 0 Å². The quantitative estimate of drug-likeness (QED) is 0.698. The first-order valence-corrected chi connectivity index (χ1v) is 6.43. The third-order valence-electron chi connectivity index (χ3n) is 2.66. The number of hydrogen-bond donors (Lipinski definition) is 0. The van der Waals surface area contributed by atoms with Crippen LogP contribution in [0, 0.1) is 0 Å². The summed E-state index contributed by atoms with van der Waals surface area (Å²) in [5.41, 5.74) is 1.26. The van der Waals surface area contributed by atoms with Crippen molar-refractivity contribution in [3.8, 4) is 0 Å². The molecule has 3 rings (SSSR count). The van der Waals surface area contributed by atoms with Crippen molar-refractivity contribution in [2.75, 3.05) is 0 Å². The van der Waals surface area contributed by atoms with Gasteiger partial charge in [-0.1, -0.05) is 42.5 Å². The number of hydrogen-bond acceptors (Lipinski definition) is 3. The zero-order valence-corrected chi connectivity index (χ0v) is 10.5. The highest BCUT2D eigenvalue weighted by Crippen LogP contribution is 2.22. The van der Waals surface area contributed by atoms with Crippen LogP contribution >= 0.6 is 23.1 Å². The van der Waals surface area contributed by atoms with E-state index in [1.807, 2.05) is 6.07 Å². The van der Waals surface area contributed by atoms with E-state index in [9.17, 15) is 0 Å². The van der Waals surface area contributed by atoms with Gasteiger partial charge in [0.15, 0.2) is 0 Å². The second-order valence-corrected chi connectivity index (χ2v) is 4.95. The highest BCUT2D eigenvalue weighted by molar-refractivity contribution is 7.05. The maximum Gasteiger partial charge on any atom is 0.234 e. The summed E-state index contributed by atoms with van der Waals surface area (Å²) in [5.74, 6) is 0. The molecule has 0 saturated heterocycles. The smallest absolute Gasteiger partial charge is 0.209 e. The summed E-state index contributed by atoms with van der Waals surface area (Å²) in [6.07, 6.45) is 0.783. The third kappa shape index (κ3) is 2.16. The van der Waals surface area contributed by atoms with Crippen molar-refractivity contribution in [1.82, 2.24) is 9.36 Å². The molecule has 2 nitrogen and oxygen atoms in total. The minimum absolute atomic E-state index is 0.338. The first kappa shape index (κ1) is 10.7. The minimum Gasteiger partial charge on any atom is -0.209 e. The molecule has 0 bridgehead atoms. The lowest BCUT2D eigenvalue weighted by molar-refractivity contribution is 1.14. The summed E-state index contributed by atoms with van der Waals surface area (Å²) in [4.78, 5) is 4.19. The van der Waals surface area contributed by atoms with Crippen LogP contribution in [0.4, 0.5) is 0 Å². The van der Waals surface area contributed by atoms with Crippen molar-refractivity contribution < 1.29 is 0 Å². The van der Waals surface area contributed by atoms with Crippen LogP contribution in [-0.4, -0.2) is 9.36 Å². The summed E-state index contributed by atoms with van der Waals surface area (Å²) < 4.78 is 3.99. The van der Waals surface area contributed by atoms with Crippen molar-refractivity contribution in [1.29, 1.82) is 0 Å². The Hall–Kier alpha value is -1.45. The summed E-state index contributed by atoms with van der Waals surface area (Å²) in [5, 5.41) is 3.80. The average Bonchev–Trinajstić information content (AvgIpc) is 2.75. The number of rotatable bonds is 2. The molecule has 4 heteroatoms. The van der Waals surface area contributed by atoms with E-state index in [0.29, 0.717) is 5.28 Å². The van der Waals surface area contributed by atoms with Crippen LogP contribution in [-0.2, 0) is 6.42 Å². The first-order valence-electron chi connectivity index (χ1n) is 5.27. The lowest BCUT2D eigenvalue weighted by atomic mass is 10.0. The molecule has 2 aromatic carbocycles. The fraction of sp³-hybridized carbons (Fsp3) is 0.0769. The standard InChI is InChI=1S/C13H9ClN2S/c14-13-15-12(17-16-13)8-10-6-3-5-9-4-1-2-7-11(9)10/h1-7H,8H2. The van der Waals surface area contributed by atoms with Gasteiger partial charge in [-0.05, 0) is 39.5 Å². The number of aromatic nitrogens is 2. The molecule has 3 aromatic rings. The largest absolute Gasteiger partial charge is 0.234 e. The topological polar surface area (TPSA) is 25.8 Å². The van der Waals surface area contributed by atoms with Gasteiger partial charge in [0.2, 0.25) is 5.28 Å². The van der Waals surface area contributed by atoms with Gasteiger partial charge in [-0.15, -0.1) is 0 Å². The van der Waals surface area contributed by atoms with Crippen LogP contribution in [0.25, 0.3) is 10.8 Å². The molecule has 0 spiro atoms. The van der Waals surface area contributed by atoms with E-state index in [2.05, 4.69) is 45.8 Å². The fourth-order valence-electron chi connectivity index (χ4n) is 1.92. The van der Waals surface area contributed by atoms with Gasteiger partial charge in [-0.2, -0.15) is 4.37 Å². The van der Waals surface area contributed by atoms with Gasteiger partial charge in [0, 0.05) is 6.42 Å². The van der Waals surface area contributed by atoms with E-state index in [-0.39, 0.29) is 0 Å². The Kier molecular flexibility index (Phi) is 2.79. The summed E-state index contributed by atoms with van der Waals surface area (Å²) in [6, 6.07) is 14.7. The van der Waals surface area contributed by atoms with E-state index in [4.69, 9.17) is 11.6 Å². The Bertz CT molecular complexity index is 658. The lowest BCUT2D eigenvalue weighted by Gasteiger charge is -2.03. The molecule has 84 valence electrons. The molecule has 0 amide bonds. The number of benzene rings is 2. The van der Waals surface area contributed by atoms with Crippen molar-refractivity contribution in [3.05, 3.63) is 58.3 Å². The Morgan fingerprint density at radius 2 is 1.88 bits per heavy atom. The SMILES string of the molecule is Clc1nsc(Cc2cccc3ccccc23)n1. The molecule has 0 fully saturated rings. The lowest BCUT2D eigenvalue weighted by Crippen LogP contribution is -1.88. The molecular formula is C13H9ClN2S. The van der Waals surface area contributed by atoms with Gasteiger partial charge in [0.05, 0.1) is 0 Å². The Labute approximate surface area is 108 Å². The Morgan fingerprint density at radius 1 is 1.06 bits per heavy atom. The van der Waals surface area contributed by atoms with Gasteiger partial charge >= 0.3 is 0 Å². The predicted octanol–water partition coefficient (Wildman–Crippen LogP) is 3.94. The average molecular weight is 261 g/mol. The zero-order valence-electron chi connectivity index (χ0n) is 8.93. The normalized spacial score (nSPS) is 10.9. The Morgan fingerprint density at radius 3 is 2.71 bits per heavy atom. The molecule has 0 aliphatic heterocycles. The van der Waals surface area contributed by atoms with E-state index >= 15 is 0 Å². The number of fused-ring (bicyclic) bond motifs is 1. The summed E-state index contributed by atoms with van der Waals surface area (Å²) >= 11 is 7.09. The zero-order chi connectivity index (χ0) is 11.7. The molecule has 0 N–H and O–H groups in total. The maximum absolute atomic E-state index is 5.73. The maximum atomic E-state index is 5.73. The van der Waals surface area contributed by atoms with Crippen molar-refractivity contribution >= 4 is 33.9 Å². The van der Waals surface area contributed by atoms with Crippen molar-refractivity contribution in [2.24, 2.45) is 0 Å².